The Morgan fingerprint density at radius 1 is 1.00 bits per heavy atom. The molecule has 0 unspecified atom stereocenters. The fourth-order valence-corrected chi connectivity index (χ4v) is 1.92. The highest BCUT2D eigenvalue weighted by Crippen LogP contribution is 2.18. The fraction of sp³-hybridized carbons (Fsp3) is 0.133. The first-order valence-electron chi connectivity index (χ1n) is 6.22. The average Bonchev–Trinajstić information content (AvgIpc) is 2.88. The predicted molar refractivity (Wildman–Crippen MR) is 75.7 cm³/mol. The Morgan fingerprint density at radius 3 is 2.47 bits per heavy atom. The maximum atomic E-state index is 5.59. The third kappa shape index (κ3) is 2.58. The Balaban J connectivity index is 1.70. The third-order valence-electron chi connectivity index (χ3n) is 3.00. The highest BCUT2D eigenvalue weighted by molar-refractivity contribution is 5.74. The van der Waals surface area contributed by atoms with Gasteiger partial charge in [-0.2, -0.15) is 4.98 Å². The summed E-state index contributed by atoms with van der Waals surface area (Å²) in [7, 11) is 0. The zero-order valence-corrected chi connectivity index (χ0v) is 10.5. The number of rotatable bonds is 4. The molecule has 3 N–H and O–H groups in total. The number of nitrogens with zero attached hydrogens (tertiary/aromatic N) is 1. The topological polar surface area (TPSA) is 64.1 Å². The van der Waals surface area contributed by atoms with Gasteiger partial charge in [0.15, 0.2) is 5.58 Å². The fourth-order valence-electron chi connectivity index (χ4n) is 1.92. The van der Waals surface area contributed by atoms with E-state index in [0.29, 0.717) is 19.1 Å². The van der Waals surface area contributed by atoms with Crippen LogP contribution in [0, 0.1) is 0 Å². The van der Waals surface area contributed by atoms with Crippen LogP contribution in [-0.4, -0.2) is 4.98 Å². The zero-order valence-electron chi connectivity index (χ0n) is 10.5. The van der Waals surface area contributed by atoms with Crippen LogP contribution in [0.2, 0.25) is 0 Å². The number of nitrogens with two attached hydrogens (primary N) is 1. The minimum absolute atomic E-state index is 0.545. The molecule has 19 heavy (non-hydrogen) atoms. The van der Waals surface area contributed by atoms with Crippen LogP contribution in [-0.2, 0) is 13.1 Å². The summed E-state index contributed by atoms with van der Waals surface area (Å²) in [6.07, 6.45) is 0. The molecule has 0 aliphatic carbocycles. The van der Waals surface area contributed by atoms with Crippen molar-refractivity contribution in [3.8, 4) is 0 Å². The van der Waals surface area contributed by atoms with E-state index in [1.54, 1.807) is 0 Å². The summed E-state index contributed by atoms with van der Waals surface area (Å²) in [4.78, 5) is 4.36. The van der Waals surface area contributed by atoms with Crippen LogP contribution < -0.4 is 11.1 Å². The van der Waals surface area contributed by atoms with Gasteiger partial charge in [-0.15, -0.1) is 0 Å². The molecule has 3 rings (SSSR count). The Labute approximate surface area is 111 Å². The number of aromatic nitrogens is 1. The molecular weight excluding hydrogens is 238 g/mol. The number of nitrogens with one attached hydrogen (secondary N) is 1. The summed E-state index contributed by atoms with van der Waals surface area (Å²) in [5.41, 5.74) is 9.52. The summed E-state index contributed by atoms with van der Waals surface area (Å²) >= 11 is 0. The second-order valence-electron chi connectivity index (χ2n) is 4.36. The van der Waals surface area contributed by atoms with Gasteiger partial charge in [0.2, 0.25) is 0 Å². The summed E-state index contributed by atoms with van der Waals surface area (Å²) in [5, 5.41) is 3.18. The van der Waals surface area contributed by atoms with Gasteiger partial charge in [-0.05, 0) is 23.3 Å². The van der Waals surface area contributed by atoms with Gasteiger partial charge in [0.25, 0.3) is 6.01 Å². The second kappa shape index (κ2) is 5.12. The van der Waals surface area contributed by atoms with Gasteiger partial charge < -0.3 is 15.5 Å². The third-order valence-corrected chi connectivity index (χ3v) is 3.00. The van der Waals surface area contributed by atoms with Crippen LogP contribution in [0.4, 0.5) is 6.01 Å². The van der Waals surface area contributed by atoms with Crippen molar-refractivity contribution in [1.82, 2.24) is 4.98 Å². The van der Waals surface area contributed by atoms with Gasteiger partial charge in [-0.25, -0.2) is 0 Å². The molecule has 0 spiro atoms. The molecule has 0 aliphatic rings. The Bertz CT molecular complexity index is 640. The van der Waals surface area contributed by atoms with Gasteiger partial charge in [-0.3, -0.25) is 0 Å². The molecule has 1 aromatic heterocycles. The quantitative estimate of drug-likeness (QED) is 0.750. The average molecular weight is 253 g/mol. The van der Waals surface area contributed by atoms with Crippen LogP contribution in [0.15, 0.2) is 52.9 Å². The molecule has 4 nitrogen and oxygen atoms in total. The van der Waals surface area contributed by atoms with E-state index in [1.165, 1.54) is 5.56 Å². The van der Waals surface area contributed by atoms with Gasteiger partial charge in [0.05, 0.1) is 0 Å². The Hall–Kier alpha value is -2.33. The van der Waals surface area contributed by atoms with Crippen LogP contribution in [0.1, 0.15) is 11.1 Å². The summed E-state index contributed by atoms with van der Waals surface area (Å²) in [6.45, 7) is 1.25. The van der Waals surface area contributed by atoms with E-state index in [4.69, 9.17) is 10.2 Å². The first-order chi connectivity index (χ1) is 9.35. The molecule has 0 fully saturated rings. The molecule has 96 valence electrons. The normalized spacial score (nSPS) is 10.8. The van der Waals surface area contributed by atoms with Gasteiger partial charge in [0.1, 0.15) is 5.52 Å². The van der Waals surface area contributed by atoms with E-state index in [9.17, 15) is 0 Å². The van der Waals surface area contributed by atoms with E-state index < -0.39 is 0 Å². The van der Waals surface area contributed by atoms with E-state index in [2.05, 4.69) is 22.4 Å². The lowest BCUT2D eigenvalue weighted by molar-refractivity contribution is 0.614. The summed E-state index contributed by atoms with van der Waals surface area (Å²) in [6, 6.07) is 16.4. The molecule has 0 amide bonds. The van der Waals surface area contributed by atoms with Crippen LogP contribution in [0.25, 0.3) is 11.1 Å². The van der Waals surface area contributed by atoms with Crippen LogP contribution in [0.5, 0.6) is 0 Å². The highest BCUT2D eigenvalue weighted by atomic mass is 16.4. The maximum Gasteiger partial charge on any atom is 0.295 e. The van der Waals surface area contributed by atoms with Crippen molar-refractivity contribution in [3.63, 3.8) is 0 Å². The first-order valence-corrected chi connectivity index (χ1v) is 6.22. The molecule has 0 saturated carbocycles. The Morgan fingerprint density at radius 2 is 1.74 bits per heavy atom. The van der Waals surface area contributed by atoms with Crippen molar-refractivity contribution in [2.75, 3.05) is 5.32 Å². The summed E-state index contributed by atoms with van der Waals surface area (Å²) < 4.78 is 5.59. The molecule has 0 radical (unpaired) electrons. The molecule has 2 aromatic carbocycles. The van der Waals surface area contributed by atoms with Crippen molar-refractivity contribution < 1.29 is 4.42 Å². The molecule has 0 atom stereocenters. The highest BCUT2D eigenvalue weighted by Gasteiger charge is 2.03. The number of hydrogen-bond donors (Lipinski definition) is 2. The van der Waals surface area contributed by atoms with Crippen molar-refractivity contribution in [2.24, 2.45) is 5.73 Å². The van der Waals surface area contributed by atoms with E-state index in [0.717, 1.165) is 16.7 Å². The first kappa shape index (κ1) is 11.7. The van der Waals surface area contributed by atoms with Crippen molar-refractivity contribution in [3.05, 3.63) is 59.7 Å². The van der Waals surface area contributed by atoms with Crippen molar-refractivity contribution in [1.29, 1.82) is 0 Å². The number of benzene rings is 2. The van der Waals surface area contributed by atoms with E-state index in [1.807, 2.05) is 36.4 Å². The number of para-hydroxylation sites is 2. The maximum absolute atomic E-state index is 5.59. The molecule has 4 heteroatoms. The summed E-state index contributed by atoms with van der Waals surface area (Å²) in [5.74, 6) is 0. The smallest absolute Gasteiger partial charge is 0.295 e. The minimum atomic E-state index is 0.545. The number of anilines is 1. The van der Waals surface area contributed by atoms with Crippen molar-refractivity contribution >= 4 is 17.1 Å². The molecule has 0 aliphatic heterocycles. The number of fused-ring (bicyclic) bond motifs is 1. The molecule has 1 heterocycles. The SMILES string of the molecule is NCc1ccc(CNc2nc3ccccc3o2)cc1. The zero-order chi connectivity index (χ0) is 13.1. The standard InChI is InChI=1S/C15H15N3O/c16-9-11-5-7-12(8-6-11)10-17-15-18-13-3-1-2-4-14(13)19-15/h1-8H,9-10,16H2,(H,17,18). The van der Waals surface area contributed by atoms with E-state index in [-0.39, 0.29) is 0 Å². The minimum Gasteiger partial charge on any atom is -0.424 e. The number of hydrogen-bond acceptors (Lipinski definition) is 4. The van der Waals surface area contributed by atoms with Crippen LogP contribution in [0.3, 0.4) is 0 Å². The van der Waals surface area contributed by atoms with Gasteiger partial charge in [0, 0.05) is 13.1 Å². The predicted octanol–water partition coefficient (Wildman–Crippen LogP) is 2.90. The van der Waals surface area contributed by atoms with E-state index >= 15 is 0 Å². The van der Waals surface area contributed by atoms with Crippen molar-refractivity contribution in [2.45, 2.75) is 13.1 Å². The lowest BCUT2D eigenvalue weighted by atomic mass is 10.1. The molecule has 0 bridgehead atoms. The lowest BCUT2D eigenvalue weighted by Gasteiger charge is -2.03. The monoisotopic (exact) mass is 253 g/mol. The number of oxazole rings is 1. The molecular formula is C15H15N3O. The second-order valence-corrected chi connectivity index (χ2v) is 4.36. The van der Waals surface area contributed by atoms with Crippen LogP contribution >= 0.6 is 0 Å². The van der Waals surface area contributed by atoms with Gasteiger partial charge >= 0.3 is 0 Å². The lowest BCUT2D eigenvalue weighted by Crippen LogP contribution is -2.00. The van der Waals surface area contributed by atoms with Gasteiger partial charge in [-0.1, -0.05) is 36.4 Å². The molecule has 3 aromatic rings. The molecule has 0 saturated heterocycles. The largest absolute Gasteiger partial charge is 0.424 e. The Kier molecular flexibility index (Phi) is 3.16.